The van der Waals surface area contributed by atoms with Gasteiger partial charge in [0.2, 0.25) is 0 Å². The van der Waals surface area contributed by atoms with Crippen molar-refractivity contribution in [2.45, 2.75) is 32.7 Å². The van der Waals surface area contributed by atoms with Crippen LogP contribution >= 0.6 is 0 Å². The first kappa shape index (κ1) is 19.2. The molecule has 1 aromatic heterocycles. The van der Waals surface area contributed by atoms with Gasteiger partial charge >= 0.3 is 0 Å². The van der Waals surface area contributed by atoms with Crippen molar-refractivity contribution in [1.29, 1.82) is 0 Å². The summed E-state index contributed by atoms with van der Waals surface area (Å²) in [7, 11) is 5.75. The van der Waals surface area contributed by atoms with E-state index in [1.807, 2.05) is 37.2 Å². The van der Waals surface area contributed by atoms with Crippen molar-refractivity contribution in [1.82, 2.24) is 15.6 Å². The standard InChI is InChI=1S/C17H31N5O/c1-5-6-12-23-13-8-11-19-17(18-2)20-14-15-9-7-10-16(21-15)22(3)4/h7,9-10H,5-6,8,11-14H2,1-4H3,(H2,18,19,20). The Hall–Kier alpha value is -1.82. The Morgan fingerprint density at radius 2 is 2.00 bits per heavy atom. The molecule has 0 saturated carbocycles. The van der Waals surface area contributed by atoms with E-state index in [4.69, 9.17) is 4.74 Å². The van der Waals surface area contributed by atoms with Crippen molar-refractivity contribution in [3.63, 3.8) is 0 Å². The predicted octanol–water partition coefficient (Wildman–Crippen LogP) is 2.02. The Balaban J connectivity index is 2.25. The molecular weight excluding hydrogens is 290 g/mol. The van der Waals surface area contributed by atoms with Crippen LogP contribution in [0.2, 0.25) is 0 Å². The second kappa shape index (κ2) is 11.7. The second-order valence-electron chi connectivity index (χ2n) is 5.55. The summed E-state index contributed by atoms with van der Waals surface area (Å²) in [6.45, 7) is 5.31. The molecule has 0 fully saturated rings. The highest BCUT2D eigenvalue weighted by atomic mass is 16.5. The van der Waals surface area contributed by atoms with Gasteiger partial charge in [0.05, 0.1) is 12.2 Å². The summed E-state index contributed by atoms with van der Waals surface area (Å²) >= 11 is 0. The number of rotatable bonds is 10. The van der Waals surface area contributed by atoms with Gasteiger partial charge in [-0.1, -0.05) is 19.4 Å². The number of hydrogen-bond donors (Lipinski definition) is 2. The number of guanidine groups is 1. The summed E-state index contributed by atoms with van der Waals surface area (Å²) in [5.41, 5.74) is 0.988. The lowest BCUT2D eigenvalue weighted by Crippen LogP contribution is -2.37. The monoisotopic (exact) mass is 321 g/mol. The molecule has 0 saturated heterocycles. The van der Waals surface area contributed by atoms with Gasteiger partial charge in [0.25, 0.3) is 0 Å². The summed E-state index contributed by atoms with van der Waals surface area (Å²) < 4.78 is 5.54. The summed E-state index contributed by atoms with van der Waals surface area (Å²) in [6, 6.07) is 6.02. The smallest absolute Gasteiger partial charge is 0.191 e. The number of pyridine rings is 1. The van der Waals surface area contributed by atoms with Crippen LogP contribution in [0.1, 0.15) is 31.9 Å². The molecule has 2 N–H and O–H groups in total. The van der Waals surface area contributed by atoms with E-state index < -0.39 is 0 Å². The van der Waals surface area contributed by atoms with Crippen LogP contribution in [-0.4, -0.2) is 51.8 Å². The molecule has 130 valence electrons. The summed E-state index contributed by atoms with van der Waals surface area (Å²) in [6.07, 6.45) is 3.28. The highest BCUT2D eigenvalue weighted by molar-refractivity contribution is 5.79. The average molecular weight is 321 g/mol. The van der Waals surface area contributed by atoms with Gasteiger partial charge in [0, 0.05) is 40.9 Å². The highest BCUT2D eigenvalue weighted by Gasteiger charge is 2.01. The molecule has 1 rings (SSSR count). The number of aromatic nitrogens is 1. The third kappa shape index (κ3) is 8.40. The Kier molecular flexibility index (Phi) is 9.79. The van der Waals surface area contributed by atoms with Crippen LogP contribution < -0.4 is 15.5 Å². The van der Waals surface area contributed by atoms with E-state index in [-0.39, 0.29) is 0 Å². The van der Waals surface area contributed by atoms with Crippen molar-refractivity contribution in [2.24, 2.45) is 4.99 Å². The molecule has 0 aliphatic carbocycles. The molecule has 0 amide bonds. The van der Waals surface area contributed by atoms with E-state index in [0.717, 1.165) is 50.1 Å². The van der Waals surface area contributed by atoms with Gasteiger partial charge in [-0.15, -0.1) is 0 Å². The minimum Gasteiger partial charge on any atom is -0.381 e. The molecule has 1 heterocycles. The maximum Gasteiger partial charge on any atom is 0.191 e. The predicted molar refractivity (Wildman–Crippen MR) is 97.1 cm³/mol. The maximum atomic E-state index is 5.54. The molecule has 0 unspecified atom stereocenters. The third-order valence-corrected chi connectivity index (χ3v) is 3.31. The molecule has 1 aromatic rings. The first-order valence-corrected chi connectivity index (χ1v) is 8.33. The molecule has 6 heteroatoms. The van der Waals surface area contributed by atoms with Crippen molar-refractivity contribution in [3.8, 4) is 0 Å². The largest absolute Gasteiger partial charge is 0.381 e. The van der Waals surface area contributed by atoms with Gasteiger partial charge in [-0.05, 0) is 25.0 Å². The van der Waals surface area contributed by atoms with Gasteiger partial charge in [-0.2, -0.15) is 0 Å². The number of nitrogens with zero attached hydrogens (tertiary/aromatic N) is 3. The lowest BCUT2D eigenvalue weighted by Gasteiger charge is -2.14. The minimum absolute atomic E-state index is 0.647. The number of ether oxygens (including phenoxy) is 1. The second-order valence-corrected chi connectivity index (χ2v) is 5.55. The number of aliphatic imine (C=N–C) groups is 1. The van der Waals surface area contributed by atoms with E-state index in [9.17, 15) is 0 Å². The number of unbranched alkanes of at least 4 members (excludes halogenated alkanes) is 1. The fraction of sp³-hybridized carbons (Fsp3) is 0.647. The zero-order valence-electron chi connectivity index (χ0n) is 14.9. The summed E-state index contributed by atoms with van der Waals surface area (Å²) in [5, 5.41) is 6.57. The zero-order valence-corrected chi connectivity index (χ0v) is 14.9. The van der Waals surface area contributed by atoms with Crippen molar-refractivity contribution in [3.05, 3.63) is 23.9 Å². The van der Waals surface area contributed by atoms with E-state index in [0.29, 0.717) is 6.54 Å². The van der Waals surface area contributed by atoms with Crippen LogP contribution in [0.15, 0.2) is 23.2 Å². The molecule has 0 aliphatic heterocycles. The van der Waals surface area contributed by atoms with Crippen LogP contribution in [0.5, 0.6) is 0 Å². The molecule has 0 bridgehead atoms. The van der Waals surface area contributed by atoms with Crippen molar-refractivity contribution in [2.75, 3.05) is 45.8 Å². The lowest BCUT2D eigenvalue weighted by molar-refractivity contribution is 0.129. The molecule has 6 nitrogen and oxygen atoms in total. The first-order chi connectivity index (χ1) is 11.2. The zero-order chi connectivity index (χ0) is 16.9. The van der Waals surface area contributed by atoms with Crippen molar-refractivity contribution >= 4 is 11.8 Å². The molecule has 0 radical (unpaired) electrons. The molecule has 0 atom stereocenters. The minimum atomic E-state index is 0.647. The van der Waals surface area contributed by atoms with Crippen LogP contribution in [-0.2, 0) is 11.3 Å². The number of nitrogens with one attached hydrogen (secondary N) is 2. The van der Waals surface area contributed by atoms with Crippen LogP contribution in [0, 0.1) is 0 Å². The first-order valence-electron chi connectivity index (χ1n) is 8.33. The van der Waals surface area contributed by atoms with E-state index in [2.05, 4.69) is 27.5 Å². The Morgan fingerprint density at radius 3 is 2.70 bits per heavy atom. The molecule has 0 aromatic carbocycles. The summed E-state index contributed by atoms with van der Waals surface area (Å²) in [5.74, 6) is 1.74. The van der Waals surface area contributed by atoms with Gasteiger partial charge in [0.1, 0.15) is 5.82 Å². The van der Waals surface area contributed by atoms with E-state index >= 15 is 0 Å². The van der Waals surface area contributed by atoms with Gasteiger partial charge < -0.3 is 20.3 Å². The normalized spacial score (nSPS) is 11.4. The maximum absolute atomic E-state index is 5.54. The third-order valence-electron chi connectivity index (χ3n) is 3.31. The molecule has 0 spiro atoms. The van der Waals surface area contributed by atoms with E-state index in [1.54, 1.807) is 7.05 Å². The number of anilines is 1. The van der Waals surface area contributed by atoms with Crippen LogP contribution in [0.25, 0.3) is 0 Å². The van der Waals surface area contributed by atoms with Gasteiger partial charge in [-0.3, -0.25) is 4.99 Å². The van der Waals surface area contributed by atoms with E-state index in [1.165, 1.54) is 6.42 Å². The van der Waals surface area contributed by atoms with Crippen LogP contribution in [0.4, 0.5) is 5.82 Å². The van der Waals surface area contributed by atoms with Crippen LogP contribution in [0.3, 0.4) is 0 Å². The quantitative estimate of drug-likeness (QED) is 0.392. The van der Waals surface area contributed by atoms with Gasteiger partial charge in [0.15, 0.2) is 5.96 Å². The fourth-order valence-corrected chi connectivity index (χ4v) is 1.94. The molecule has 0 aliphatic rings. The van der Waals surface area contributed by atoms with Gasteiger partial charge in [-0.25, -0.2) is 4.98 Å². The fourth-order valence-electron chi connectivity index (χ4n) is 1.94. The topological polar surface area (TPSA) is 61.8 Å². The Morgan fingerprint density at radius 1 is 1.22 bits per heavy atom. The Bertz CT molecular complexity index is 462. The SMILES string of the molecule is CCCCOCCCNC(=NC)NCc1cccc(N(C)C)n1. The number of hydrogen-bond acceptors (Lipinski definition) is 4. The lowest BCUT2D eigenvalue weighted by atomic mass is 10.3. The van der Waals surface area contributed by atoms with Crippen molar-refractivity contribution < 1.29 is 4.74 Å². The molecular formula is C17H31N5O. The average Bonchev–Trinajstić information content (AvgIpc) is 2.57. The Labute approximate surface area is 140 Å². The summed E-state index contributed by atoms with van der Waals surface area (Å²) in [4.78, 5) is 10.8. The molecule has 23 heavy (non-hydrogen) atoms. The highest BCUT2D eigenvalue weighted by Crippen LogP contribution is 2.07.